The van der Waals surface area contributed by atoms with E-state index >= 15 is 0 Å². The lowest BCUT2D eigenvalue weighted by molar-refractivity contribution is 0.829. The minimum Gasteiger partial charge on any atom is -0.361 e. The quantitative estimate of drug-likeness (QED) is 0.498. The first-order valence-corrected chi connectivity index (χ1v) is 8.98. The summed E-state index contributed by atoms with van der Waals surface area (Å²) >= 11 is 0. The number of hydrogen-bond donors (Lipinski definition) is 1. The number of benzene rings is 3. The normalized spacial score (nSPS) is 11.7. The van der Waals surface area contributed by atoms with Crippen LogP contribution in [0.1, 0.15) is 16.7 Å². The molecule has 1 unspecified atom stereocenters. The lowest BCUT2D eigenvalue weighted by Crippen LogP contribution is -2.12. The van der Waals surface area contributed by atoms with Crippen molar-refractivity contribution in [2.45, 2.75) is 12.5 Å². The number of aromatic amines is 1. The number of para-hydroxylation sites is 1. The van der Waals surface area contributed by atoms with Gasteiger partial charge in [0.25, 0.3) is 0 Å². The van der Waals surface area contributed by atoms with Crippen molar-refractivity contribution < 1.29 is 0 Å². The van der Waals surface area contributed by atoms with E-state index in [9.17, 15) is 5.26 Å². The van der Waals surface area contributed by atoms with E-state index in [2.05, 4.69) is 17.1 Å². The number of H-pyrrole nitrogens is 1. The second-order valence-corrected chi connectivity index (χ2v) is 6.42. The van der Waals surface area contributed by atoms with E-state index in [0.717, 1.165) is 33.3 Å². The van der Waals surface area contributed by atoms with Crippen LogP contribution in [0, 0.1) is 11.3 Å². The maximum atomic E-state index is 9.77. The number of aliphatic imine (C=N–C) groups is 1. The summed E-state index contributed by atoms with van der Waals surface area (Å²) in [6.07, 6.45) is 2.55. The highest BCUT2D eigenvalue weighted by molar-refractivity contribution is 6.13. The van der Waals surface area contributed by atoms with Gasteiger partial charge in [0.2, 0.25) is 0 Å². The van der Waals surface area contributed by atoms with Gasteiger partial charge in [-0.05, 0) is 11.6 Å². The average Bonchev–Trinajstić information content (AvgIpc) is 3.15. The number of rotatable bonds is 5. The highest BCUT2D eigenvalue weighted by Crippen LogP contribution is 2.21. The summed E-state index contributed by atoms with van der Waals surface area (Å²) in [7, 11) is 0. The maximum Gasteiger partial charge on any atom is 0.141 e. The van der Waals surface area contributed by atoms with E-state index in [1.54, 1.807) is 0 Å². The van der Waals surface area contributed by atoms with Crippen LogP contribution in [-0.4, -0.2) is 16.7 Å². The minimum atomic E-state index is -0.459. The summed E-state index contributed by atoms with van der Waals surface area (Å²) < 4.78 is 0. The number of aromatic nitrogens is 1. The number of nitrogens with zero attached hydrogens (tertiary/aromatic N) is 2. The van der Waals surface area contributed by atoms with Crippen molar-refractivity contribution in [2.24, 2.45) is 4.99 Å². The van der Waals surface area contributed by atoms with Crippen molar-refractivity contribution in [1.82, 2.24) is 4.98 Å². The Labute approximate surface area is 158 Å². The lowest BCUT2D eigenvalue weighted by atomic mass is 10.0. The second kappa shape index (κ2) is 7.72. The monoisotopic (exact) mass is 349 g/mol. The predicted molar refractivity (Wildman–Crippen MR) is 110 cm³/mol. The standard InChI is InChI=1S/C24H19N3/c25-16-21(15-20-17-26-23-14-8-7-13-22(20)23)27-24(18-9-3-1-4-10-18)19-11-5-2-6-12-19/h1-14,17,21,26H,15H2. The van der Waals surface area contributed by atoms with Crippen LogP contribution in [0.4, 0.5) is 0 Å². The Morgan fingerprint density at radius 2 is 1.44 bits per heavy atom. The second-order valence-electron chi connectivity index (χ2n) is 6.42. The zero-order chi connectivity index (χ0) is 18.5. The van der Waals surface area contributed by atoms with Gasteiger partial charge >= 0.3 is 0 Å². The Hall–Kier alpha value is -3.64. The SMILES string of the molecule is N#CC(Cc1c[nH]c2ccccc12)N=C(c1ccccc1)c1ccccc1. The fourth-order valence-electron chi connectivity index (χ4n) is 3.29. The molecule has 1 N–H and O–H groups in total. The molecule has 1 heterocycles. The van der Waals surface area contributed by atoms with Gasteiger partial charge in [-0.1, -0.05) is 78.9 Å². The van der Waals surface area contributed by atoms with Gasteiger partial charge in [0.15, 0.2) is 0 Å². The molecule has 0 saturated carbocycles. The molecule has 130 valence electrons. The summed E-state index contributed by atoms with van der Waals surface area (Å²) in [4.78, 5) is 8.13. The van der Waals surface area contributed by atoms with Gasteiger partial charge in [-0.25, -0.2) is 0 Å². The van der Waals surface area contributed by atoms with Crippen LogP contribution < -0.4 is 0 Å². The fourth-order valence-corrected chi connectivity index (χ4v) is 3.29. The van der Waals surface area contributed by atoms with E-state index < -0.39 is 6.04 Å². The van der Waals surface area contributed by atoms with E-state index in [0.29, 0.717) is 6.42 Å². The van der Waals surface area contributed by atoms with E-state index in [4.69, 9.17) is 4.99 Å². The fraction of sp³-hybridized carbons (Fsp3) is 0.0833. The van der Waals surface area contributed by atoms with Gasteiger partial charge in [0, 0.05) is 34.6 Å². The van der Waals surface area contributed by atoms with Crippen molar-refractivity contribution in [3.8, 4) is 6.07 Å². The molecular formula is C24H19N3. The Balaban J connectivity index is 1.73. The summed E-state index contributed by atoms with van der Waals surface area (Å²) in [5.74, 6) is 0. The molecule has 27 heavy (non-hydrogen) atoms. The van der Waals surface area contributed by atoms with Crippen LogP contribution in [0.15, 0.2) is 96.1 Å². The van der Waals surface area contributed by atoms with Crippen molar-refractivity contribution in [2.75, 3.05) is 0 Å². The highest BCUT2D eigenvalue weighted by Gasteiger charge is 2.14. The third kappa shape index (κ3) is 3.65. The van der Waals surface area contributed by atoms with Crippen LogP contribution in [-0.2, 0) is 6.42 Å². The van der Waals surface area contributed by atoms with Crippen LogP contribution in [0.3, 0.4) is 0 Å². The van der Waals surface area contributed by atoms with Gasteiger partial charge in [-0.3, -0.25) is 4.99 Å². The molecule has 0 saturated heterocycles. The van der Waals surface area contributed by atoms with E-state index in [-0.39, 0.29) is 0 Å². The first-order valence-electron chi connectivity index (χ1n) is 8.98. The molecule has 3 nitrogen and oxygen atoms in total. The molecule has 4 aromatic rings. The summed E-state index contributed by atoms with van der Waals surface area (Å²) in [5.41, 5.74) is 5.08. The minimum absolute atomic E-state index is 0.459. The first-order chi connectivity index (χ1) is 13.3. The van der Waals surface area contributed by atoms with Crippen LogP contribution in [0.25, 0.3) is 10.9 Å². The first kappa shape index (κ1) is 16.8. The summed E-state index contributed by atoms with van der Waals surface area (Å²) in [6, 6.07) is 30.1. The summed E-state index contributed by atoms with van der Waals surface area (Å²) in [5, 5.41) is 10.9. The third-order valence-electron chi connectivity index (χ3n) is 4.62. The maximum absolute atomic E-state index is 9.77. The molecular weight excluding hydrogens is 330 g/mol. The molecule has 1 atom stereocenters. The van der Waals surface area contributed by atoms with E-state index in [1.165, 1.54) is 0 Å². The third-order valence-corrected chi connectivity index (χ3v) is 4.62. The molecule has 0 amide bonds. The predicted octanol–water partition coefficient (Wildman–Crippen LogP) is 5.14. The van der Waals surface area contributed by atoms with Gasteiger partial charge in [0.05, 0.1) is 11.8 Å². The molecule has 3 aromatic carbocycles. The Bertz CT molecular complexity index is 1060. The molecule has 0 aliphatic rings. The van der Waals surface area contributed by atoms with Crippen molar-refractivity contribution in [1.29, 1.82) is 5.26 Å². The smallest absolute Gasteiger partial charge is 0.141 e. The van der Waals surface area contributed by atoms with Crippen LogP contribution >= 0.6 is 0 Å². The zero-order valence-electron chi connectivity index (χ0n) is 14.8. The highest BCUT2D eigenvalue weighted by atomic mass is 14.8. The molecule has 0 spiro atoms. The molecule has 4 rings (SSSR count). The molecule has 1 aromatic heterocycles. The molecule has 0 radical (unpaired) electrons. The van der Waals surface area contributed by atoms with Gasteiger partial charge in [-0.15, -0.1) is 0 Å². The number of fused-ring (bicyclic) bond motifs is 1. The number of hydrogen-bond acceptors (Lipinski definition) is 2. The lowest BCUT2D eigenvalue weighted by Gasteiger charge is -2.11. The Kier molecular flexibility index (Phi) is 4.80. The number of nitriles is 1. The molecule has 0 bridgehead atoms. The van der Waals surface area contributed by atoms with Crippen LogP contribution in [0.5, 0.6) is 0 Å². The van der Waals surface area contributed by atoms with Gasteiger partial charge in [-0.2, -0.15) is 5.26 Å². The van der Waals surface area contributed by atoms with E-state index in [1.807, 2.05) is 85.1 Å². The molecule has 0 aliphatic heterocycles. The van der Waals surface area contributed by atoms with Crippen LogP contribution in [0.2, 0.25) is 0 Å². The molecule has 0 aliphatic carbocycles. The molecule has 0 fully saturated rings. The van der Waals surface area contributed by atoms with Crippen molar-refractivity contribution in [3.63, 3.8) is 0 Å². The average molecular weight is 349 g/mol. The number of nitrogens with one attached hydrogen (secondary N) is 1. The van der Waals surface area contributed by atoms with Crippen molar-refractivity contribution >= 4 is 16.6 Å². The summed E-state index contributed by atoms with van der Waals surface area (Å²) in [6.45, 7) is 0. The zero-order valence-corrected chi connectivity index (χ0v) is 14.8. The van der Waals surface area contributed by atoms with Gasteiger partial charge in [0.1, 0.15) is 6.04 Å². The Morgan fingerprint density at radius 3 is 2.07 bits per heavy atom. The Morgan fingerprint density at radius 1 is 0.852 bits per heavy atom. The van der Waals surface area contributed by atoms with Gasteiger partial charge < -0.3 is 4.98 Å². The van der Waals surface area contributed by atoms with Crippen molar-refractivity contribution in [3.05, 3.63) is 108 Å². The largest absolute Gasteiger partial charge is 0.361 e. The topological polar surface area (TPSA) is 51.9 Å². The molecule has 3 heteroatoms.